The summed E-state index contributed by atoms with van der Waals surface area (Å²) in [6.07, 6.45) is 1.31. The molecule has 3 nitrogen and oxygen atoms in total. The highest BCUT2D eigenvalue weighted by Gasteiger charge is 2.09. The molecule has 0 saturated carbocycles. The number of carbonyl (C=O) groups excluding carboxylic acids is 1. The number of aryl methyl sites for hydroxylation is 1. The highest BCUT2D eigenvalue weighted by atomic mass is 16.2. The van der Waals surface area contributed by atoms with E-state index < -0.39 is 0 Å². The fourth-order valence-corrected chi connectivity index (χ4v) is 1.54. The molecule has 0 aliphatic carbocycles. The minimum absolute atomic E-state index is 0.143. The SMILES string of the molecule is Cc1ccc(CC(=O)N(C)CCC(C)N)cc1. The lowest BCUT2D eigenvalue weighted by molar-refractivity contribution is -0.129. The zero-order valence-electron chi connectivity index (χ0n) is 10.9. The summed E-state index contributed by atoms with van der Waals surface area (Å²) in [6, 6.07) is 8.22. The molecule has 3 heteroatoms. The van der Waals surface area contributed by atoms with Gasteiger partial charge in [-0.1, -0.05) is 29.8 Å². The third-order valence-electron chi connectivity index (χ3n) is 2.82. The topological polar surface area (TPSA) is 46.3 Å². The molecule has 0 bridgehead atoms. The molecule has 1 atom stereocenters. The van der Waals surface area contributed by atoms with E-state index in [2.05, 4.69) is 0 Å². The summed E-state index contributed by atoms with van der Waals surface area (Å²) in [4.78, 5) is 13.6. The molecule has 0 spiro atoms. The van der Waals surface area contributed by atoms with Gasteiger partial charge in [0, 0.05) is 19.6 Å². The summed E-state index contributed by atoms with van der Waals surface area (Å²) in [5.74, 6) is 0.148. The zero-order chi connectivity index (χ0) is 12.8. The minimum Gasteiger partial charge on any atom is -0.345 e. The van der Waals surface area contributed by atoms with Crippen molar-refractivity contribution in [2.75, 3.05) is 13.6 Å². The average molecular weight is 234 g/mol. The van der Waals surface area contributed by atoms with Crippen molar-refractivity contribution in [1.82, 2.24) is 4.90 Å². The van der Waals surface area contributed by atoms with Gasteiger partial charge in [0.05, 0.1) is 6.42 Å². The predicted octanol–water partition coefficient (Wildman–Crippen LogP) is 1.73. The third-order valence-corrected chi connectivity index (χ3v) is 2.82. The normalized spacial score (nSPS) is 12.2. The molecular weight excluding hydrogens is 212 g/mol. The first kappa shape index (κ1) is 13.7. The maximum Gasteiger partial charge on any atom is 0.226 e. The lowest BCUT2D eigenvalue weighted by Gasteiger charge is -2.18. The molecule has 1 aromatic carbocycles. The first-order valence-corrected chi connectivity index (χ1v) is 6.04. The van der Waals surface area contributed by atoms with Crippen molar-refractivity contribution < 1.29 is 4.79 Å². The maximum absolute atomic E-state index is 11.9. The number of hydrogen-bond donors (Lipinski definition) is 1. The molecule has 0 radical (unpaired) electrons. The minimum atomic E-state index is 0.143. The Bertz CT molecular complexity index is 357. The Kier molecular flexibility index (Phi) is 5.16. The average Bonchev–Trinajstić information content (AvgIpc) is 2.28. The Morgan fingerprint density at radius 3 is 2.47 bits per heavy atom. The fraction of sp³-hybridized carbons (Fsp3) is 0.500. The Balaban J connectivity index is 2.45. The second-order valence-electron chi connectivity index (χ2n) is 4.74. The molecule has 2 N–H and O–H groups in total. The highest BCUT2D eigenvalue weighted by molar-refractivity contribution is 5.78. The van der Waals surface area contributed by atoms with Gasteiger partial charge in [0.2, 0.25) is 5.91 Å². The van der Waals surface area contributed by atoms with Crippen molar-refractivity contribution >= 4 is 5.91 Å². The van der Waals surface area contributed by atoms with E-state index in [9.17, 15) is 4.79 Å². The number of hydrogen-bond acceptors (Lipinski definition) is 2. The van der Waals surface area contributed by atoms with Crippen molar-refractivity contribution in [2.24, 2.45) is 5.73 Å². The molecule has 94 valence electrons. The van der Waals surface area contributed by atoms with Crippen LogP contribution in [0.2, 0.25) is 0 Å². The van der Waals surface area contributed by atoms with Gasteiger partial charge in [-0.15, -0.1) is 0 Å². The number of nitrogens with zero attached hydrogens (tertiary/aromatic N) is 1. The zero-order valence-corrected chi connectivity index (χ0v) is 10.9. The van der Waals surface area contributed by atoms with Gasteiger partial charge in [0.15, 0.2) is 0 Å². The number of rotatable bonds is 5. The molecule has 0 saturated heterocycles. The summed E-state index contributed by atoms with van der Waals surface area (Å²) in [5, 5.41) is 0. The van der Waals surface area contributed by atoms with Gasteiger partial charge in [-0.25, -0.2) is 0 Å². The first-order valence-electron chi connectivity index (χ1n) is 6.04. The summed E-state index contributed by atoms with van der Waals surface area (Å²) >= 11 is 0. The van der Waals surface area contributed by atoms with Crippen molar-refractivity contribution in [2.45, 2.75) is 32.7 Å². The van der Waals surface area contributed by atoms with Crippen molar-refractivity contribution in [3.8, 4) is 0 Å². The second-order valence-corrected chi connectivity index (χ2v) is 4.74. The van der Waals surface area contributed by atoms with Crippen LogP contribution in [0.1, 0.15) is 24.5 Å². The molecule has 17 heavy (non-hydrogen) atoms. The van der Waals surface area contributed by atoms with Gasteiger partial charge in [-0.2, -0.15) is 0 Å². The Morgan fingerprint density at radius 1 is 1.35 bits per heavy atom. The number of benzene rings is 1. The number of amides is 1. The summed E-state index contributed by atoms with van der Waals surface area (Å²) in [5.41, 5.74) is 7.95. The van der Waals surface area contributed by atoms with Crippen LogP contribution < -0.4 is 5.73 Å². The smallest absolute Gasteiger partial charge is 0.226 e. The van der Waals surface area contributed by atoms with Crippen LogP contribution in [-0.4, -0.2) is 30.4 Å². The van der Waals surface area contributed by atoms with Crippen LogP contribution in [0.15, 0.2) is 24.3 Å². The van der Waals surface area contributed by atoms with Crippen LogP contribution in [0.25, 0.3) is 0 Å². The van der Waals surface area contributed by atoms with E-state index in [1.807, 2.05) is 45.2 Å². The monoisotopic (exact) mass is 234 g/mol. The molecule has 1 aromatic rings. The van der Waals surface area contributed by atoms with Crippen LogP contribution in [0.5, 0.6) is 0 Å². The van der Waals surface area contributed by atoms with E-state index in [1.165, 1.54) is 5.56 Å². The Labute approximate surface area is 104 Å². The molecule has 0 aliphatic rings. The van der Waals surface area contributed by atoms with Crippen LogP contribution >= 0.6 is 0 Å². The summed E-state index contributed by atoms with van der Waals surface area (Å²) < 4.78 is 0. The molecule has 0 aromatic heterocycles. The maximum atomic E-state index is 11.9. The largest absolute Gasteiger partial charge is 0.345 e. The molecule has 1 rings (SSSR count). The molecule has 1 unspecified atom stereocenters. The van der Waals surface area contributed by atoms with Crippen LogP contribution in [0.4, 0.5) is 0 Å². The van der Waals surface area contributed by atoms with Gasteiger partial charge >= 0.3 is 0 Å². The van der Waals surface area contributed by atoms with Gasteiger partial charge < -0.3 is 10.6 Å². The second kappa shape index (κ2) is 6.40. The lowest BCUT2D eigenvalue weighted by Crippen LogP contribution is -2.32. The van der Waals surface area contributed by atoms with E-state index in [4.69, 9.17) is 5.73 Å². The van der Waals surface area contributed by atoms with Gasteiger partial charge in [-0.3, -0.25) is 4.79 Å². The van der Waals surface area contributed by atoms with Gasteiger partial charge in [0.25, 0.3) is 0 Å². The van der Waals surface area contributed by atoms with Crippen molar-refractivity contribution in [1.29, 1.82) is 0 Å². The van der Waals surface area contributed by atoms with E-state index in [1.54, 1.807) is 4.90 Å². The van der Waals surface area contributed by atoms with Crippen molar-refractivity contribution in [3.05, 3.63) is 35.4 Å². The fourth-order valence-electron chi connectivity index (χ4n) is 1.54. The molecule has 0 aliphatic heterocycles. The van der Waals surface area contributed by atoms with E-state index in [0.29, 0.717) is 6.42 Å². The molecule has 0 fully saturated rings. The van der Waals surface area contributed by atoms with Gasteiger partial charge in [-0.05, 0) is 25.8 Å². The summed E-state index contributed by atoms with van der Waals surface area (Å²) in [6.45, 7) is 4.72. The van der Waals surface area contributed by atoms with Gasteiger partial charge in [0.1, 0.15) is 0 Å². The number of nitrogens with two attached hydrogens (primary N) is 1. The van der Waals surface area contributed by atoms with Crippen molar-refractivity contribution in [3.63, 3.8) is 0 Å². The van der Waals surface area contributed by atoms with E-state index >= 15 is 0 Å². The quantitative estimate of drug-likeness (QED) is 0.843. The summed E-state index contributed by atoms with van der Waals surface area (Å²) in [7, 11) is 1.83. The van der Waals surface area contributed by atoms with E-state index in [-0.39, 0.29) is 11.9 Å². The molecule has 1 amide bonds. The third kappa shape index (κ3) is 5.00. The first-order chi connectivity index (χ1) is 7.99. The Morgan fingerprint density at radius 2 is 1.94 bits per heavy atom. The standard InChI is InChI=1S/C14H22N2O/c1-11-4-6-13(7-5-11)10-14(17)16(3)9-8-12(2)15/h4-7,12H,8-10,15H2,1-3H3. The Hall–Kier alpha value is -1.35. The lowest BCUT2D eigenvalue weighted by atomic mass is 10.1. The molecular formula is C14H22N2O. The van der Waals surface area contributed by atoms with Crippen LogP contribution in [0.3, 0.4) is 0 Å². The van der Waals surface area contributed by atoms with Crippen LogP contribution in [0, 0.1) is 6.92 Å². The number of likely N-dealkylation sites (N-methyl/N-ethyl adjacent to an activating group) is 1. The van der Waals surface area contributed by atoms with E-state index in [0.717, 1.165) is 18.5 Å². The van der Waals surface area contributed by atoms with Crippen LogP contribution in [-0.2, 0) is 11.2 Å². The predicted molar refractivity (Wildman–Crippen MR) is 70.8 cm³/mol. The molecule has 0 heterocycles. The highest BCUT2D eigenvalue weighted by Crippen LogP contribution is 2.05. The number of carbonyl (C=O) groups is 1.